The van der Waals surface area contributed by atoms with Crippen molar-refractivity contribution < 1.29 is 22.7 Å². The topological polar surface area (TPSA) is 76.4 Å². The molecule has 21 heavy (non-hydrogen) atoms. The Morgan fingerprint density at radius 1 is 1.29 bits per heavy atom. The van der Waals surface area contributed by atoms with Crippen molar-refractivity contribution in [2.75, 3.05) is 5.32 Å². The minimum atomic E-state index is -4.74. The quantitative estimate of drug-likeness (QED) is 0.783. The van der Waals surface area contributed by atoms with E-state index in [1.807, 2.05) is 13.8 Å². The van der Waals surface area contributed by atoms with Crippen LogP contribution in [-0.2, 0) is 0 Å². The van der Waals surface area contributed by atoms with Gasteiger partial charge in [-0.1, -0.05) is 0 Å². The molecule has 0 aromatic heterocycles. The number of urea groups is 1. The van der Waals surface area contributed by atoms with Crippen molar-refractivity contribution in [3.8, 4) is 5.75 Å². The van der Waals surface area contributed by atoms with Crippen LogP contribution in [0.3, 0.4) is 0 Å². The molecule has 0 saturated carbocycles. The summed E-state index contributed by atoms with van der Waals surface area (Å²) in [5.41, 5.74) is 5.97. The summed E-state index contributed by atoms with van der Waals surface area (Å²) in [6.07, 6.45) is -4.12. The van der Waals surface area contributed by atoms with Crippen LogP contribution in [0.4, 0.5) is 23.7 Å². The zero-order valence-corrected chi connectivity index (χ0v) is 11.7. The Balaban J connectivity index is 2.50. The molecular weight excluding hydrogens is 287 g/mol. The largest absolute Gasteiger partial charge is 0.573 e. The molecule has 118 valence electrons. The number of halogens is 3. The minimum Gasteiger partial charge on any atom is -0.406 e. The number of hydrogen-bond acceptors (Lipinski definition) is 3. The fourth-order valence-electron chi connectivity index (χ4n) is 1.75. The van der Waals surface area contributed by atoms with Crippen molar-refractivity contribution in [2.45, 2.75) is 38.7 Å². The van der Waals surface area contributed by atoms with Gasteiger partial charge in [-0.3, -0.25) is 0 Å². The molecule has 2 atom stereocenters. The molecule has 5 nitrogen and oxygen atoms in total. The van der Waals surface area contributed by atoms with Crippen LogP contribution in [-0.4, -0.2) is 24.5 Å². The number of amides is 2. The highest BCUT2D eigenvalue weighted by Gasteiger charge is 2.30. The highest BCUT2D eigenvalue weighted by molar-refractivity contribution is 5.89. The SMILES string of the molecule is CC(N)CC(C)NC(=O)Nc1ccc(OC(F)(F)F)cc1. The Kier molecular flexibility index (Phi) is 5.83. The van der Waals surface area contributed by atoms with Gasteiger partial charge in [0.15, 0.2) is 0 Å². The fraction of sp³-hybridized carbons (Fsp3) is 0.462. The molecule has 0 saturated heterocycles. The average Bonchev–Trinajstić information content (AvgIpc) is 2.28. The average molecular weight is 305 g/mol. The highest BCUT2D eigenvalue weighted by Crippen LogP contribution is 2.23. The monoisotopic (exact) mass is 305 g/mol. The number of rotatable bonds is 5. The van der Waals surface area contributed by atoms with E-state index in [0.29, 0.717) is 12.1 Å². The molecule has 0 radical (unpaired) electrons. The van der Waals surface area contributed by atoms with Crippen molar-refractivity contribution in [3.05, 3.63) is 24.3 Å². The number of ether oxygens (including phenoxy) is 1. The van der Waals surface area contributed by atoms with Gasteiger partial charge in [-0.2, -0.15) is 0 Å². The molecular formula is C13H18F3N3O2. The van der Waals surface area contributed by atoms with Gasteiger partial charge in [0.25, 0.3) is 0 Å². The number of carbonyl (C=O) groups excluding carboxylic acids is 1. The summed E-state index contributed by atoms with van der Waals surface area (Å²) >= 11 is 0. The molecule has 0 fully saturated rings. The van der Waals surface area contributed by atoms with Crippen molar-refractivity contribution in [2.24, 2.45) is 5.73 Å². The second-order valence-electron chi connectivity index (χ2n) is 4.78. The van der Waals surface area contributed by atoms with Crippen LogP contribution >= 0.6 is 0 Å². The third-order valence-electron chi connectivity index (χ3n) is 2.45. The number of alkyl halides is 3. The third-order valence-corrected chi connectivity index (χ3v) is 2.45. The lowest BCUT2D eigenvalue weighted by Crippen LogP contribution is -2.39. The minimum absolute atomic E-state index is 0.0425. The number of carbonyl (C=O) groups is 1. The molecule has 8 heteroatoms. The lowest BCUT2D eigenvalue weighted by Gasteiger charge is -2.16. The fourth-order valence-corrected chi connectivity index (χ4v) is 1.75. The van der Waals surface area contributed by atoms with Crippen molar-refractivity contribution in [3.63, 3.8) is 0 Å². The van der Waals surface area contributed by atoms with E-state index in [1.165, 1.54) is 12.1 Å². The predicted molar refractivity (Wildman–Crippen MR) is 73.0 cm³/mol. The summed E-state index contributed by atoms with van der Waals surface area (Å²) < 4.78 is 39.7. The van der Waals surface area contributed by atoms with E-state index in [0.717, 1.165) is 12.1 Å². The summed E-state index contributed by atoms with van der Waals surface area (Å²) in [4.78, 5) is 11.6. The van der Waals surface area contributed by atoms with Gasteiger partial charge in [-0.05, 0) is 44.5 Å². The summed E-state index contributed by atoms with van der Waals surface area (Å²) in [6.45, 7) is 3.64. The lowest BCUT2D eigenvalue weighted by atomic mass is 10.1. The van der Waals surface area contributed by atoms with Crippen molar-refractivity contribution in [1.82, 2.24) is 5.32 Å². The van der Waals surface area contributed by atoms with Gasteiger partial charge >= 0.3 is 12.4 Å². The molecule has 0 bridgehead atoms. The molecule has 4 N–H and O–H groups in total. The zero-order valence-electron chi connectivity index (χ0n) is 11.7. The molecule has 2 unspecified atom stereocenters. The first kappa shape index (κ1) is 17.1. The number of nitrogens with two attached hydrogens (primary N) is 1. The first-order valence-corrected chi connectivity index (χ1v) is 6.34. The van der Waals surface area contributed by atoms with E-state index >= 15 is 0 Å². The number of hydrogen-bond donors (Lipinski definition) is 3. The van der Waals surface area contributed by atoms with Gasteiger partial charge in [-0.15, -0.1) is 13.2 Å². The Hall–Kier alpha value is -1.96. The molecule has 0 spiro atoms. The zero-order chi connectivity index (χ0) is 16.0. The molecule has 0 heterocycles. The summed E-state index contributed by atoms with van der Waals surface area (Å²) in [5.74, 6) is -0.348. The molecule has 0 aliphatic heterocycles. The Morgan fingerprint density at radius 2 is 1.86 bits per heavy atom. The lowest BCUT2D eigenvalue weighted by molar-refractivity contribution is -0.274. The van der Waals surface area contributed by atoms with E-state index in [1.54, 1.807) is 0 Å². The number of nitrogens with one attached hydrogen (secondary N) is 2. The molecule has 2 amide bonds. The van der Waals surface area contributed by atoms with Gasteiger partial charge < -0.3 is 21.1 Å². The van der Waals surface area contributed by atoms with Crippen LogP contribution in [0, 0.1) is 0 Å². The van der Waals surface area contributed by atoms with Gasteiger partial charge in [0, 0.05) is 17.8 Å². The Morgan fingerprint density at radius 3 is 2.33 bits per heavy atom. The maximum Gasteiger partial charge on any atom is 0.573 e. The summed E-state index contributed by atoms with van der Waals surface area (Å²) in [7, 11) is 0. The van der Waals surface area contributed by atoms with Crippen LogP contribution in [0.15, 0.2) is 24.3 Å². The van der Waals surface area contributed by atoms with E-state index in [4.69, 9.17) is 5.73 Å². The summed E-state index contributed by atoms with van der Waals surface area (Å²) in [5, 5.41) is 5.18. The van der Waals surface area contributed by atoms with E-state index in [2.05, 4.69) is 15.4 Å². The van der Waals surface area contributed by atoms with E-state index in [9.17, 15) is 18.0 Å². The van der Waals surface area contributed by atoms with Crippen LogP contribution in [0.5, 0.6) is 5.75 Å². The molecule has 1 rings (SSSR count). The first-order chi connectivity index (χ1) is 9.65. The standard InChI is InChI=1S/C13H18F3N3O2/c1-8(17)7-9(2)18-12(20)19-10-3-5-11(6-4-10)21-13(14,15)16/h3-6,8-9H,7,17H2,1-2H3,(H2,18,19,20). The van der Waals surface area contributed by atoms with Gasteiger partial charge in [-0.25, -0.2) is 4.79 Å². The van der Waals surface area contributed by atoms with Crippen LogP contribution < -0.4 is 21.1 Å². The highest BCUT2D eigenvalue weighted by atomic mass is 19.4. The number of benzene rings is 1. The molecule has 1 aromatic carbocycles. The molecule has 0 aliphatic carbocycles. The van der Waals surface area contributed by atoms with Gasteiger partial charge in [0.2, 0.25) is 0 Å². The number of anilines is 1. The van der Waals surface area contributed by atoms with Crippen LogP contribution in [0.2, 0.25) is 0 Å². The van der Waals surface area contributed by atoms with E-state index in [-0.39, 0.29) is 17.8 Å². The second kappa shape index (κ2) is 7.16. The smallest absolute Gasteiger partial charge is 0.406 e. The Labute approximate surface area is 120 Å². The maximum atomic E-state index is 12.0. The maximum absolute atomic E-state index is 12.0. The Bertz CT molecular complexity index is 461. The van der Waals surface area contributed by atoms with Gasteiger partial charge in [0.1, 0.15) is 5.75 Å². The van der Waals surface area contributed by atoms with Crippen molar-refractivity contribution in [1.29, 1.82) is 0 Å². The molecule has 1 aromatic rings. The second-order valence-corrected chi connectivity index (χ2v) is 4.78. The normalized spacial score (nSPS) is 14.2. The first-order valence-electron chi connectivity index (χ1n) is 6.34. The third kappa shape index (κ3) is 7.40. The van der Waals surface area contributed by atoms with E-state index < -0.39 is 12.4 Å². The van der Waals surface area contributed by atoms with Gasteiger partial charge in [0.05, 0.1) is 0 Å². The summed E-state index contributed by atoms with van der Waals surface area (Å²) in [6, 6.07) is 4.26. The molecule has 0 aliphatic rings. The van der Waals surface area contributed by atoms with Crippen molar-refractivity contribution >= 4 is 11.7 Å². The van der Waals surface area contributed by atoms with Crippen LogP contribution in [0.1, 0.15) is 20.3 Å². The van der Waals surface area contributed by atoms with Crippen LogP contribution in [0.25, 0.3) is 0 Å². The predicted octanol–water partition coefficient (Wildman–Crippen LogP) is 2.83.